The summed E-state index contributed by atoms with van der Waals surface area (Å²) in [5, 5.41) is 10.3. The van der Waals surface area contributed by atoms with Gasteiger partial charge in [0.2, 0.25) is 0 Å². The first-order valence-electron chi connectivity index (χ1n) is 6.35. The number of nitrogens with zero attached hydrogens (tertiary/aromatic N) is 1. The summed E-state index contributed by atoms with van der Waals surface area (Å²) in [7, 11) is 0. The molecule has 0 aliphatic heterocycles. The van der Waals surface area contributed by atoms with Crippen LogP contribution in [0.4, 0.5) is 5.82 Å². The topological polar surface area (TPSA) is 59.1 Å². The first-order chi connectivity index (χ1) is 9.77. The third kappa shape index (κ3) is 2.10. The summed E-state index contributed by atoms with van der Waals surface area (Å²) in [4.78, 5) is 4.07. The van der Waals surface area contributed by atoms with E-state index in [1.165, 1.54) is 0 Å². The number of anilines is 1. The molecule has 3 nitrogen and oxygen atoms in total. The lowest BCUT2D eigenvalue weighted by molar-refractivity contribution is 0.478. The van der Waals surface area contributed by atoms with Crippen LogP contribution in [0.15, 0.2) is 66.9 Å². The van der Waals surface area contributed by atoms with E-state index in [1.807, 2.05) is 60.7 Å². The molecule has 0 unspecified atom stereocenters. The predicted molar refractivity (Wildman–Crippen MR) is 81.2 cm³/mol. The molecule has 98 valence electrons. The van der Waals surface area contributed by atoms with Crippen LogP contribution >= 0.6 is 0 Å². The fraction of sp³-hybridized carbons (Fsp3) is 0. The maximum atomic E-state index is 10.3. The monoisotopic (exact) mass is 262 g/mol. The van der Waals surface area contributed by atoms with Crippen LogP contribution in [0.3, 0.4) is 0 Å². The normalized spacial score (nSPS) is 10.4. The number of benzene rings is 2. The van der Waals surface area contributed by atoms with Gasteiger partial charge in [0.15, 0.2) is 11.6 Å². The van der Waals surface area contributed by atoms with Crippen LogP contribution in [0.1, 0.15) is 0 Å². The van der Waals surface area contributed by atoms with Crippen LogP contribution in [0.5, 0.6) is 5.75 Å². The molecule has 0 bridgehead atoms. The summed E-state index contributed by atoms with van der Waals surface area (Å²) in [6, 6.07) is 19.5. The van der Waals surface area contributed by atoms with Gasteiger partial charge in [-0.05, 0) is 11.1 Å². The van der Waals surface area contributed by atoms with E-state index >= 15 is 0 Å². The number of rotatable bonds is 2. The Morgan fingerprint density at radius 2 is 1.35 bits per heavy atom. The van der Waals surface area contributed by atoms with Crippen molar-refractivity contribution in [3.63, 3.8) is 0 Å². The van der Waals surface area contributed by atoms with Crippen molar-refractivity contribution in [3.05, 3.63) is 66.9 Å². The average molecular weight is 262 g/mol. The number of pyridine rings is 1. The van der Waals surface area contributed by atoms with Crippen LogP contribution in [-0.4, -0.2) is 10.1 Å². The van der Waals surface area contributed by atoms with Crippen molar-refractivity contribution in [2.75, 3.05) is 5.73 Å². The highest BCUT2D eigenvalue weighted by Gasteiger charge is 2.15. The largest absolute Gasteiger partial charge is 0.504 e. The minimum atomic E-state index is 0.0255. The molecule has 0 amide bonds. The number of nitrogen functional groups attached to an aromatic ring is 1. The summed E-state index contributed by atoms with van der Waals surface area (Å²) in [5.74, 6) is 0.168. The van der Waals surface area contributed by atoms with E-state index in [-0.39, 0.29) is 11.6 Å². The van der Waals surface area contributed by atoms with Crippen LogP contribution in [0.2, 0.25) is 0 Å². The fourth-order valence-electron chi connectivity index (χ4n) is 2.25. The lowest BCUT2D eigenvalue weighted by Crippen LogP contribution is -1.95. The van der Waals surface area contributed by atoms with Crippen LogP contribution < -0.4 is 5.73 Å². The molecule has 1 aromatic heterocycles. The van der Waals surface area contributed by atoms with Crippen LogP contribution in [-0.2, 0) is 0 Å². The summed E-state index contributed by atoms with van der Waals surface area (Å²) < 4.78 is 0. The van der Waals surface area contributed by atoms with Gasteiger partial charge in [-0.2, -0.15) is 0 Å². The molecule has 0 radical (unpaired) electrons. The van der Waals surface area contributed by atoms with Gasteiger partial charge in [-0.1, -0.05) is 60.7 Å². The molecule has 0 spiro atoms. The highest BCUT2D eigenvalue weighted by molar-refractivity contribution is 5.89. The molecule has 1 heterocycles. The van der Waals surface area contributed by atoms with Crippen molar-refractivity contribution in [1.82, 2.24) is 4.98 Å². The summed E-state index contributed by atoms with van der Waals surface area (Å²) >= 11 is 0. The van der Waals surface area contributed by atoms with Gasteiger partial charge in [0.25, 0.3) is 0 Å². The maximum Gasteiger partial charge on any atom is 0.166 e. The Balaban J connectivity index is 2.29. The van der Waals surface area contributed by atoms with Crippen molar-refractivity contribution in [3.8, 4) is 28.0 Å². The molecular weight excluding hydrogens is 248 g/mol. The van der Waals surface area contributed by atoms with Crippen molar-refractivity contribution in [2.45, 2.75) is 0 Å². The van der Waals surface area contributed by atoms with Crippen LogP contribution in [0, 0.1) is 0 Å². The van der Waals surface area contributed by atoms with Gasteiger partial charge >= 0.3 is 0 Å². The SMILES string of the molecule is Nc1ncc(-c2ccccc2)c(-c2ccccc2)c1O. The molecule has 0 atom stereocenters. The summed E-state index contributed by atoms with van der Waals surface area (Å²) in [5.41, 5.74) is 9.23. The summed E-state index contributed by atoms with van der Waals surface area (Å²) in [6.07, 6.45) is 1.70. The van der Waals surface area contributed by atoms with Gasteiger partial charge in [-0.3, -0.25) is 0 Å². The third-order valence-corrected chi connectivity index (χ3v) is 3.23. The number of hydrogen-bond donors (Lipinski definition) is 2. The Morgan fingerprint density at radius 1 is 0.800 bits per heavy atom. The van der Waals surface area contributed by atoms with E-state index in [0.29, 0.717) is 5.56 Å². The fourth-order valence-corrected chi connectivity index (χ4v) is 2.25. The molecule has 0 saturated carbocycles. The van der Waals surface area contributed by atoms with Gasteiger partial charge in [0.1, 0.15) is 0 Å². The van der Waals surface area contributed by atoms with E-state index in [0.717, 1.165) is 16.7 Å². The highest BCUT2D eigenvalue weighted by Crippen LogP contribution is 2.40. The Bertz CT molecular complexity index is 725. The first kappa shape index (κ1) is 12.2. The molecule has 0 aliphatic rings. The quantitative estimate of drug-likeness (QED) is 0.740. The standard InChI is InChI=1S/C17H14N2O/c18-17-16(20)15(13-9-5-2-6-10-13)14(11-19-17)12-7-3-1-4-8-12/h1-11,20H,(H2,18,19). The molecule has 0 fully saturated rings. The second kappa shape index (κ2) is 5.05. The molecule has 0 aliphatic carbocycles. The van der Waals surface area contributed by atoms with Crippen molar-refractivity contribution >= 4 is 5.82 Å². The van der Waals surface area contributed by atoms with Crippen molar-refractivity contribution < 1.29 is 5.11 Å². The number of nitrogens with two attached hydrogens (primary N) is 1. The minimum Gasteiger partial charge on any atom is -0.504 e. The Kier molecular flexibility index (Phi) is 3.09. The van der Waals surface area contributed by atoms with Gasteiger partial charge in [0, 0.05) is 17.3 Å². The molecular formula is C17H14N2O. The Morgan fingerprint density at radius 3 is 1.95 bits per heavy atom. The molecule has 2 aromatic carbocycles. The lowest BCUT2D eigenvalue weighted by Gasteiger charge is -2.13. The zero-order chi connectivity index (χ0) is 13.9. The molecule has 3 aromatic rings. The molecule has 0 saturated heterocycles. The maximum absolute atomic E-state index is 10.3. The molecule has 3 heteroatoms. The Labute approximate surface area is 117 Å². The van der Waals surface area contributed by atoms with Crippen LogP contribution in [0.25, 0.3) is 22.3 Å². The van der Waals surface area contributed by atoms with E-state index in [1.54, 1.807) is 6.20 Å². The minimum absolute atomic E-state index is 0.0255. The molecule has 20 heavy (non-hydrogen) atoms. The molecule has 3 N–H and O–H groups in total. The highest BCUT2D eigenvalue weighted by atomic mass is 16.3. The van der Waals surface area contributed by atoms with E-state index < -0.39 is 0 Å². The number of aromatic hydroxyl groups is 1. The zero-order valence-corrected chi connectivity index (χ0v) is 10.8. The zero-order valence-electron chi connectivity index (χ0n) is 10.8. The number of hydrogen-bond acceptors (Lipinski definition) is 3. The summed E-state index contributed by atoms with van der Waals surface area (Å²) in [6.45, 7) is 0. The average Bonchev–Trinajstić information content (AvgIpc) is 2.51. The predicted octanol–water partition coefficient (Wildman–Crippen LogP) is 3.70. The van der Waals surface area contributed by atoms with Crippen molar-refractivity contribution in [2.24, 2.45) is 0 Å². The van der Waals surface area contributed by atoms with Gasteiger partial charge in [-0.25, -0.2) is 4.98 Å². The van der Waals surface area contributed by atoms with Gasteiger partial charge < -0.3 is 10.8 Å². The van der Waals surface area contributed by atoms with E-state index in [9.17, 15) is 5.11 Å². The van der Waals surface area contributed by atoms with Gasteiger partial charge in [0.05, 0.1) is 0 Å². The Hall–Kier alpha value is -2.81. The van der Waals surface area contributed by atoms with E-state index in [2.05, 4.69) is 4.98 Å². The molecule has 3 rings (SSSR count). The second-order valence-corrected chi connectivity index (χ2v) is 4.51. The number of aromatic nitrogens is 1. The van der Waals surface area contributed by atoms with E-state index in [4.69, 9.17) is 5.73 Å². The third-order valence-electron chi connectivity index (χ3n) is 3.23. The second-order valence-electron chi connectivity index (χ2n) is 4.51. The first-order valence-corrected chi connectivity index (χ1v) is 6.35. The smallest absolute Gasteiger partial charge is 0.166 e. The van der Waals surface area contributed by atoms with Crippen molar-refractivity contribution in [1.29, 1.82) is 0 Å². The lowest BCUT2D eigenvalue weighted by atomic mass is 9.95. The van der Waals surface area contributed by atoms with Gasteiger partial charge in [-0.15, -0.1) is 0 Å².